The Bertz CT molecular complexity index is 364. The Balaban J connectivity index is 2.04. The van der Waals surface area contributed by atoms with E-state index in [1.165, 1.54) is 36.3 Å². The van der Waals surface area contributed by atoms with Crippen molar-refractivity contribution < 1.29 is 4.79 Å². The van der Waals surface area contributed by atoms with Crippen LogP contribution in [-0.2, 0) is 17.6 Å². The number of hydrogen-bond acceptors (Lipinski definition) is 4. The molecule has 0 unspecified atom stereocenters. The minimum absolute atomic E-state index is 0.0192. The van der Waals surface area contributed by atoms with Crippen LogP contribution in [0.4, 0.5) is 5.13 Å². The monoisotopic (exact) mass is 253 g/mol. The molecule has 2 rings (SSSR count). The van der Waals surface area contributed by atoms with E-state index in [2.05, 4.69) is 15.6 Å². The summed E-state index contributed by atoms with van der Waals surface area (Å²) in [5.74, 6) is -0.0192. The maximum atomic E-state index is 11.5. The van der Waals surface area contributed by atoms with Crippen molar-refractivity contribution in [3.05, 3.63) is 10.6 Å². The van der Waals surface area contributed by atoms with Crippen LogP contribution < -0.4 is 10.6 Å². The van der Waals surface area contributed by atoms with Gasteiger partial charge in [-0.25, -0.2) is 4.98 Å². The Morgan fingerprint density at radius 2 is 2.06 bits per heavy atom. The van der Waals surface area contributed by atoms with Crippen LogP contribution in [0.3, 0.4) is 0 Å². The first-order valence-corrected chi connectivity index (χ1v) is 7.04. The number of likely N-dealkylation sites (N-methyl/N-ethyl adjacent to an activating group) is 1. The molecule has 0 atom stereocenters. The molecule has 1 heterocycles. The van der Waals surface area contributed by atoms with Gasteiger partial charge in [-0.1, -0.05) is 12.8 Å². The SMILES string of the molecule is CNCC(=O)Nc1nc2c(s1)CCCCCC2. The van der Waals surface area contributed by atoms with Gasteiger partial charge in [-0.3, -0.25) is 4.79 Å². The van der Waals surface area contributed by atoms with Crippen molar-refractivity contribution in [2.45, 2.75) is 38.5 Å². The number of aryl methyl sites for hydroxylation is 2. The molecule has 5 heteroatoms. The van der Waals surface area contributed by atoms with E-state index in [1.54, 1.807) is 18.4 Å². The number of rotatable bonds is 3. The van der Waals surface area contributed by atoms with Crippen LogP contribution in [0.15, 0.2) is 0 Å². The Kier molecular flexibility index (Phi) is 4.50. The molecule has 0 aromatic carbocycles. The summed E-state index contributed by atoms with van der Waals surface area (Å²) in [6.07, 6.45) is 7.28. The van der Waals surface area contributed by atoms with Gasteiger partial charge in [-0.2, -0.15) is 0 Å². The van der Waals surface area contributed by atoms with Crippen LogP contribution >= 0.6 is 11.3 Å². The van der Waals surface area contributed by atoms with Crippen LogP contribution in [0, 0.1) is 0 Å². The van der Waals surface area contributed by atoms with Gasteiger partial charge in [0.25, 0.3) is 0 Å². The third kappa shape index (κ3) is 3.51. The normalized spacial score (nSPS) is 15.8. The summed E-state index contributed by atoms with van der Waals surface area (Å²) in [5.41, 5.74) is 1.20. The van der Waals surface area contributed by atoms with Crippen LogP contribution in [0.1, 0.15) is 36.3 Å². The van der Waals surface area contributed by atoms with Gasteiger partial charge in [0, 0.05) is 4.88 Å². The van der Waals surface area contributed by atoms with Gasteiger partial charge in [-0.05, 0) is 32.7 Å². The Morgan fingerprint density at radius 1 is 1.29 bits per heavy atom. The highest BCUT2D eigenvalue weighted by Crippen LogP contribution is 2.28. The molecule has 1 aliphatic rings. The van der Waals surface area contributed by atoms with Crippen molar-refractivity contribution in [2.75, 3.05) is 18.9 Å². The highest BCUT2D eigenvalue weighted by Gasteiger charge is 2.14. The quantitative estimate of drug-likeness (QED) is 0.866. The zero-order chi connectivity index (χ0) is 12.1. The summed E-state index contributed by atoms with van der Waals surface area (Å²) in [4.78, 5) is 17.4. The van der Waals surface area contributed by atoms with Crippen molar-refractivity contribution in [3.63, 3.8) is 0 Å². The van der Waals surface area contributed by atoms with Gasteiger partial charge in [0.05, 0.1) is 12.2 Å². The minimum atomic E-state index is -0.0192. The number of nitrogens with zero attached hydrogens (tertiary/aromatic N) is 1. The minimum Gasteiger partial charge on any atom is -0.311 e. The van der Waals surface area contributed by atoms with Crippen molar-refractivity contribution in [3.8, 4) is 0 Å². The van der Waals surface area contributed by atoms with E-state index in [1.807, 2.05) is 0 Å². The van der Waals surface area contributed by atoms with Gasteiger partial charge in [0.2, 0.25) is 5.91 Å². The molecule has 17 heavy (non-hydrogen) atoms. The van der Waals surface area contributed by atoms with Crippen molar-refractivity contribution in [1.29, 1.82) is 0 Å². The summed E-state index contributed by atoms with van der Waals surface area (Å²) in [5, 5.41) is 6.44. The lowest BCUT2D eigenvalue weighted by atomic mass is 10.0. The second-order valence-corrected chi connectivity index (χ2v) is 5.47. The largest absolute Gasteiger partial charge is 0.311 e. The lowest BCUT2D eigenvalue weighted by Gasteiger charge is -2.06. The number of thiazole rings is 1. The lowest BCUT2D eigenvalue weighted by Crippen LogP contribution is -2.24. The summed E-state index contributed by atoms with van der Waals surface area (Å²) in [6, 6.07) is 0. The maximum Gasteiger partial charge on any atom is 0.240 e. The first-order chi connectivity index (χ1) is 8.29. The molecule has 0 aliphatic heterocycles. The second kappa shape index (κ2) is 6.12. The average Bonchev–Trinajstić information content (AvgIpc) is 2.60. The zero-order valence-corrected chi connectivity index (χ0v) is 11.0. The molecule has 4 nitrogen and oxygen atoms in total. The Morgan fingerprint density at radius 3 is 2.82 bits per heavy atom. The van der Waals surface area contributed by atoms with Gasteiger partial charge in [-0.15, -0.1) is 11.3 Å². The van der Waals surface area contributed by atoms with Gasteiger partial charge in [0.1, 0.15) is 0 Å². The molecule has 0 bridgehead atoms. The molecule has 1 aromatic heterocycles. The number of amides is 1. The first kappa shape index (κ1) is 12.5. The number of hydrogen-bond donors (Lipinski definition) is 2. The van der Waals surface area contributed by atoms with Gasteiger partial charge >= 0.3 is 0 Å². The highest BCUT2D eigenvalue weighted by atomic mass is 32.1. The molecule has 0 saturated carbocycles. The van der Waals surface area contributed by atoms with Gasteiger partial charge < -0.3 is 10.6 Å². The molecule has 0 radical (unpaired) electrons. The van der Waals surface area contributed by atoms with Crippen molar-refractivity contribution >= 4 is 22.4 Å². The second-order valence-electron chi connectivity index (χ2n) is 4.38. The van der Waals surface area contributed by atoms with E-state index in [4.69, 9.17) is 0 Å². The zero-order valence-electron chi connectivity index (χ0n) is 10.2. The van der Waals surface area contributed by atoms with E-state index in [9.17, 15) is 4.79 Å². The van der Waals surface area contributed by atoms with Crippen LogP contribution in [0.2, 0.25) is 0 Å². The summed E-state index contributed by atoms with van der Waals surface area (Å²) < 4.78 is 0. The predicted octanol–water partition coefficient (Wildman–Crippen LogP) is 1.96. The Hall–Kier alpha value is -0.940. The molecule has 94 valence electrons. The third-order valence-corrected chi connectivity index (χ3v) is 4.00. The van der Waals surface area contributed by atoms with Crippen molar-refractivity contribution in [1.82, 2.24) is 10.3 Å². The molecule has 1 aromatic rings. The molecule has 0 spiro atoms. The van der Waals surface area contributed by atoms with E-state index >= 15 is 0 Å². The standard InChI is InChI=1S/C12H19N3OS/c1-13-8-11(16)15-12-14-9-6-4-2-3-5-7-10(9)17-12/h13H,2-8H2,1H3,(H,14,15,16). The van der Waals surface area contributed by atoms with E-state index in [0.29, 0.717) is 6.54 Å². The topological polar surface area (TPSA) is 54.0 Å². The lowest BCUT2D eigenvalue weighted by molar-refractivity contribution is -0.115. The number of aromatic nitrogens is 1. The predicted molar refractivity (Wildman–Crippen MR) is 70.5 cm³/mol. The summed E-state index contributed by atoms with van der Waals surface area (Å²) >= 11 is 1.64. The molecule has 1 aliphatic carbocycles. The summed E-state index contributed by atoms with van der Waals surface area (Å²) in [6.45, 7) is 0.338. The van der Waals surface area contributed by atoms with Crippen LogP contribution in [0.5, 0.6) is 0 Å². The highest BCUT2D eigenvalue weighted by molar-refractivity contribution is 7.15. The number of anilines is 1. The molecule has 2 N–H and O–H groups in total. The maximum absolute atomic E-state index is 11.5. The Labute approximate surface area is 106 Å². The van der Waals surface area contributed by atoms with E-state index in [0.717, 1.165) is 18.0 Å². The fraction of sp³-hybridized carbons (Fsp3) is 0.667. The number of carbonyl (C=O) groups is 1. The number of fused-ring (bicyclic) bond motifs is 1. The fourth-order valence-corrected chi connectivity index (χ4v) is 3.15. The smallest absolute Gasteiger partial charge is 0.240 e. The van der Waals surface area contributed by atoms with E-state index in [-0.39, 0.29) is 5.91 Å². The van der Waals surface area contributed by atoms with Crippen molar-refractivity contribution in [2.24, 2.45) is 0 Å². The number of nitrogens with one attached hydrogen (secondary N) is 2. The molecule has 0 fully saturated rings. The molecular weight excluding hydrogens is 234 g/mol. The van der Waals surface area contributed by atoms with E-state index < -0.39 is 0 Å². The number of carbonyl (C=O) groups excluding carboxylic acids is 1. The molecule has 0 saturated heterocycles. The van der Waals surface area contributed by atoms with Crippen LogP contribution in [0.25, 0.3) is 0 Å². The molecular formula is C12H19N3OS. The fourth-order valence-electron chi connectivity index (χ4n) is 2.08. The summed E-state index contributed by atoms with van der Waals surface area (Å²) in [7, 11) is 1.76. The third-order valence-electron chi connectivity index (χ3n) is 2.93. The average molecular weight is 253 g/mol. The first-order valence-electron chi connectivity index (χ1n) is 6.22. The molecule has 1 amide bonds. The van der Waals surface area contributed by atoms with Gasteiger partial charge in [0.15, 0.2) is 5.13 Å². The van der Waals surface area contributed by atoms with Crippen LogP contribution in [-0.4, -0.2) is 24.5 Å².